The van der Waals surface area contributed by atoms with Gasteiger partial charge in [-0.1, -0.05) is 23.7 Å². The van der Waals surface area contributed by atoms with Gasteiger partial charge in [0.2, 0.25) is 0 Å². The van der Waals surface area contributed by atoms with Crippen LogP contribution in [0.2, 0.25) is 5.02 Å². The van der Waals surface area contributed by atoms with E-state index in [9.17, 15) is 4.79 Å². The molecule has 0 atom stereocenters. The fourth-order valence-electron chi connectivity index (χ4n) is 2.38. The lowest BCUT2D eigenvalue weighted by molar-refractivity contribution is 0.104. The number of hydrogen-bond acceptors (Lipinski definition) is 2. The number of methoxy groups -OCH3 is 1. The largest absolute Gasteiger partial charge is 0.497 e. The molecule has 2 aromatic carbocycles. The van der Waals surface area contributed by atoms with Crippen LogP contribution in [0.4, 0.5) is 0 Å². The van der Waals surface area contributed by atoms with Crippen molar-refractivity contribution in [2.24, 2.45) is 0 Å². The van der Waals surface area contributed by atoms with Gasteiger partial charge < -0.3 is 9.72 Å². The van der Waals surface area contributed by atoms with Gasteiger partial charge in [-0.3, -0.25) is 4.79 Å². The molecule has 0 amide bonds. The number of fused-ring (bicyclic) bond motifs is 1. The van der Waals surface area contributed by atoms with E-state index in [1.165, 1.54) is 0 Å². The molecule has 0 radical (unpaired) electrons. The second-order valence-corrected chi connectivity index (χ2v) is 5.26. The maximum atomic E-state index is 12.7. The number of ether oxygens (including phenoxy) is 1. The summed E-state index contributed by atoms with van der Waals surface area (Å²) >= 11 is 6.26. The molecule has 0 bridgehead atoms. The Labute approximate surface area is 127 Å². The van der Waals surface area contributed by atoms with E-state index in [-0.39, 0.29) is 5.78 Å². The van der Waals surface area contributed by atoms with E-state index in [2.05, 4.69) is 4.98 Å². The molecule has 0 spiro atoms. The van der Waals surface area contributed by atoms with Gasteiger partial charge >= 0.3 is 0 Å². The number of hydrogen-bond donors (Lipinski definition) is 1. The standard InChI is InChI=1S/C17H14ClNO2/c1-10-4-3-5-12(16(10)18)17(20)14-9-19-15-7-6-11(21-2)8-13(14)15/h3-9,19H,1-2H3. The summed E-state index contributed by atoms with van der Waals surface area (Å²) < 4.78 is 5.22. The number of aromatic nitrogens is 1. The molecule has 0 aliphatic carbocycles. The molecule has 1 aromatic heterocycles. The van der Waals surface area contributed by atoms with Crippen LogP contribution in [-0.4, -0.2) is 17.9 Å². The smallest absolute Gasteiger partial charge is 0.196 e. The van der Waals surface area contributed by atoms with Crippen LogP contribution in [0.1, 0.15) is 21.5 Å². The summed E-state index contributed by atoms with van der Waals surface area (Å²) in [5.41, 5.74) is 2.89. The Balaban J connectivity index is 2.15. The molecule has 0 aliphatic heterocycles. The van der Waals surface area contributed by atoms with Crippen molar-refractivity contribution in [3.05, 3.63) is 64.3 Å². The first-order valence-corrected chi connectivity index (χ1v) is 6.94. The van der Waals surface area contributed by atoms with E-state index in [1.807, 2.05) is 37.3 Å². The average Bonchev–Trinajstić information content (AvgIpc) is 2.92. The van der Waals surface area contributed by atoms with Crippen molar-refractivity contribution < 1.29 is 9.53 Å². The monoisotopic (exact) mass is 299 g/mol. The summed E-state index contributed by atoms with van der Waals surface area (Å²) in [6.07, 6.45) is 1.71. The van der Waals surface area contributed by atoms with Crippen molar-refractivity contribution >= 4 is 28.3 Å². The van der Waals surface area contributed by atoms with Gasteiger partial charge in [0, 0.05) is 28.2 Å². The Bertz CT molecular complexity index is 836. The number of nitrogens with one attached hydrogen (secondary N) is 1. The Hall–Kier alpha value is -2.26. The number of H-pyrrole nitrogens is 1. The summed E-state index contributed by atoms with van der Waals surface area (Å²) in [4.78, 5) is 15.9. The van der Waals surface area contributed by atoms with Crippen LogP contribution < -0.4 is 4.74 Å². The van der Waals surface area contributed by atoms with E-state index in [0.717, 1.165) is 16.5 Å². The number of benzene rings is 2. The topological polar surface area (TPSA) is 42.1 Å². The van der Waals surface area contributed by atoms with Crippen molar-refractivity contribution in [1.29, 1.82) is 0 Å². The molecule has 21 heavy (non-hydrogen) atoms. The van der Waals surface area contributed by atoms with Crippen molar-refractivity contribution in [2.45, 2.75) is 6.92 Å². The van der Waals surface area contributed by atoms with Gasteiger partial charge in [-0.2, -0.15) is 0 Å². The first-order chi connectivity index (χ1) is 10.1. The zero-order valence-corrected chi connectivity index (χ0v) is 12.5. The molecule has 0 aliphatic rings. The number of carbonyl (C=O) groups is 1. The number of rotatable bonds is 3. The van der Waals surface area contributed by atoms with Gasteiger partial charge in [0.1, 0.15) is 5.75 Å². The molecule has 4 heteroatoms. The predicted octanol–water partition coefficient (Wildman–Crippen LogP) is 4.37. The zero-order chi connectivity index (χ0) is 15.0. The lowest BCUT2D eigenvalue weighted by atomic mass is 10.0. The zero-order valence-electron chi connectivity index (χ0n) is 11.7. The molecular formula is C17H14ClNO2. The number of aryl methyl sites for hydroxylation is 1. The lowest BCUT2D eigenvalue weighted by Crippen LogP contribution is -2.02. The Morgan fingerprint density at radius 2 is 2.00 bits per heavy atom. The van der Waals surface area contributed by atoms with E-state index >= 15 is 0 Å². The van der Waals surface area contributed by atoms with E-state index < -0.39 is 0 Å². The third-order valence-corrected chi connectivity index (χ3v) is 4.07. The van der Waals surface area contributed by atoms with Gasteiger partial charge in [-0.05, 0) is 36.8 Å². The van der Waals surface area contributed by atoms with Crippen molar-refractivity contribution in [3.8, 4) is 5.75 Å². The van der Waals surface area contributed by atoms with Crippen LogP contribution >= 0.6 is 11.6 Å². The number of carbonyl (C=O) groups excluding carboxylic acids is 1. The SMILES string of the molecule is COc1ccc2[nH]cc(C(=O)c3cccc(C)c3Cl)c2c1. The second-order valence-electron chi connectivity index (χ2n) is 4.88. The van der Waals surface area contributed by atoms with Crippen LogP contribution in [0.15, 0.2) is 42.6 Å². The predicted molar refractivity (Wildman–Crippen MR) is 84.5 cm³/mol. The van der Waals surface area contributed by atoms with Gasteiger partial charge in [0.05, 0.1) is 12.1 Å². The van der Waals surface area contributed by atoms with Crippen LogP contribution in [-0.2, 0) is 0 Å². The normalized spacial score (nSPS) is 10.8. The molecule has 0 unspecified atom stereocenters. The molecule has 3 rings (SSSR count). The van der Waals surface area contributed by atoms with E-state index in [4.69, 9.17) is 16.3 Å². The minimum absolute atomic E-state index is 0.0943. The highest BCUT2D eigenvalue weighted by molar-refractivity contribution is 6.36. The molecule has 1 N–H and O–H groups in total. The summed E-state index contributed by atoms with van der Waals surface area (Å²) in [6.45, 7) is 1.89. The highest BCUT2D eigenvalue weighted by atomic mass is 35.5. The molecule has 3 aromatic rings. The summed E-state index contributed by atoms with van der Waals surface area (Å²) in [7, 11) is 1.60. The summed E-state index contributed by atoms with van der Waals surface area (Å²) in [6, 6.07) is 11.1. The van der Waals surface area contributed by atoms with Crippen LogP contribution in [0, 0.1) is 6.92 Å². The maximum absolute atomic E-state index is 12.7. The van der Waals surface area contributed by atoms with Crippen molar-refractivity contribution in [3.63, 3.8) is 0 Å². The molecule has 3 nitrogen and oxygen atoms in total. The fraction of sp³-hybridized carbons (Fsp3) is 0.118. The highest BCUT2D eigenvalue weighted by Gasteiger charge is 2.18. The third-order valence-electron chi connectivity index (χ3n) is 3.57. The summed E-state index contributed by atoms with van der Waals surface area (Å²) in [5.74, 6) is 0.620. The number of ketones is 1. The highest BCUT2D eigenvalue weighted by Crippen LogP contribution is 2.28. The average molecular weight is 300 g/mol. The molecule has 0 fully saturated rings. The first-order valence-electron chi connectivity index (χ1n) is 6.56. The number of halogens is 1. The summed E-state index contributed by atoms with van der Waals surface area (Å²) in [5, 5.41) is 1.33. The lowest BCUT2D eigenvalue weighted by Gasteiger charge is -2.06. The van der Waals surface area contributed by atoms with Crippen LogP contribution in [0.25, 0.3) is 10.9 Å². The second kappa shape index (κ2) is 5.26. The van der Waals surface area contributed by atoms with Gasteiger partial charge in [0.25, 0.3) is 0 Å². The fourth-order valence-corrected chi connectivity index (χ4v) is 2.59. The molecular weight excluding hydrogens is 286 g/mol. The van der Waals surface area contributed by atoms with Gasteiger partial charge in [0.15, 0.2) is 5.78 Å². The minimum atomic E-state index is -0.0943. The molecule has 106 valence electrons. The van der Waals surface area contributed by atoms with E-state index in [1.54, 1.807) is 19.4 Å². The van der Waals surface area contributed by atoms with Gasteiger partial charge in [-0.25, -0.2) is 0 Å². The quantitative estimate of drug-likeness (QED) is 0.730. The van der Waals surface area contributed by atoms with Crippen LogP contribution in [0.5, 0.6) is 5.75 Å². The Morgan fingerprint density at radius 1 is 1.19 bits per heavy atom. The van der Waals surface area contributed by atoms with Crippen LogP contribution in [0.3, 0.4) is 0 Å². The van der Waals surface area contributed by atoms with E-state index in [0.29, 0.717) is 21.9 Å². The number of aromatic amines is 1. The Morgan fingerprint density at radius 3 is 2.76 bits per heavy atom. The minimum Gasteiger partial charge on any atom is -0.497 e. The first kappa shape index (κ1) is 13.7. The van der Waals surface area contributed by atoms with Crippen molar-refractivity contribution in [1.82, 2.24) is 4.98 Å². The Kier molecular flexibility index (Phi) is 3.43. The maximum Gasteiger partial charge on any atom is 0.196 e. The molecule has 0 saturated carbocycles. The third kappa shape index (κ3) is 2.30. The molecule has 0 saturated heterocycles. The molecule has 1 heterocycles. The van der Waals surface area contributed by atoms with Gasteiger partial charge in [-0.15, -0.1) is 0 Å². The van der Waals surface area contributed by atoms with Crippen molar-refractivity contribution in [2.75, 3.05) is 7.11 Å².